The van der Waals surface area contributed by atoms with E-state index in [4.69, 9.17) is 16.3 Å². The molecule has 0 radical (unpaired) electrons. The van der Waals surface area contributed by atoms with Crippen molar-refractivity contribution in [3.8, 4) is 0 Å². The van der Waals surface area contributed by atoms with Crippen molar-refractivity contribution in [3.63, 3.8) is 0 Å². The number of hydrogen-bond acceptors (Lipinski definition) is 4. The van der Waals surface area contributed by atoms with Crippen LogP contribution in [0.3, 0.4) is 0 Å². The lowest BCUT2D eigenvalue weighted by molar-refractivity contribution is 0.0278. The Morgan fingerprint density at radius 1 is 1.27 bits per heavy atom. The van der Waals surface area contributed by atoms with Gasteiger partial charge in [0.05, 0.1) is 19.3 Å². The van der Waals surface area contributed by atoms with Crippen LogP contribution in [0.15, 0.2) is 41.8 Å². The molecular formula is C16H21Cl2NO2S. The molecule has 0 aliphatic carbocycles. The molecule has 0 aliphatic heterocycles. The minimum Gasteiger partial charge on any atom is -0.389 e. The summed E-state index contributed by atoms with van der Waals surface area (Å²) in [5, 5.41) is 16.0. The number of ether oxygens (including phenoxy) is 1. The van der Waals surface area contributed by atoms with Crippen LogP contribution in [-0.4, -0.2) is 24.4 Å². The van der Waals surface area contributed by atoms with Gasteiger partial charge >= 0.3 is 0 Å². The largest absolute Gasteiger partial charge is 0.389 e. The average molecular weight is 362 g/mol. The lowest BCUT2D eigenvalue weighted by Crippen LogP contribution is -2.31. The number of nitrogens with one attached hydrogen (secondary N) is 1. The second-order valence-corrected chi connectivity index (χ2v) is 6.36. The fourth-order valence-electron chi connectivity index (χ4n) is 1.90. The standard InChI is InChI=1S/C16H20ClNO2S.ClH/c1-12(16-3-2-8-21-16)18-9-15(19)11-20-10-13-4-6-14(17)7-5-13;/h2-8,12,15,18-19H,9-11H2,1H3;1H. The number of aliphatic hydroxyl groups excluding tert-OH is 1. The van der Waals surface area contributed by atoms with Gasteiger partial charge in [0, 0.05) is 22.5 Å². The molecule has 2 rings (SSSR count). The minimum absolute atomic E-state index is 0. The summed E-state index contributed by atoms with van der Waals surface area (Å²) >= 11 is 7.53. The molecule has 6 heteroatoms. The van der Waals surface area contributed by atoms with Gasteiger partial charge in [0.1, 0.15) is 0 Å². The molecule has 0 saturated carbocycles. The van der Waals surface area contributed by atoms with Crippen LogP contribution in [0.1, 0.15) is 23.4 Å². The van der Waals surface area contributed by atoms with E-state index in [1.54, 1.807) is 11.3 Å². The van der Waals surface area contributed by atoms with Gasteiger partial charge in [-0.1, -0.05) is 29.8 Å². The molecule has 22 heavy (non-hydrogen) atoms. The van der Waals surface area contributed by atoms with Crippen LogP contribution in [-0.2, 0) is 11.3 Å². The molecule has 1 aromatic carbocycles. The van der Waals surface area contributed by atoms with E-state index < -0.39 is 6.10 Å². The van der Waals surface area contributed by atoms with Crippen LogP contribution in [0.4, 0.5) is 0 Å². The maximum atomic E-state index is 9.91. The summed E-state index contributed by atoms with van der Waals surface area (Å²) in [6, 6.07) is 11.9. The molecule has 0 bridgehead atoms. The Morgan fingerprint density at radius 3 is 2.64 bits per heavy atom. The van der Waals surface area contributed by atoms with E-state index in [2.05, 4.69) is 23.7 Å². The molecule has 2 atom stereocenters. The predicted octanol–water partition coefficient (Wildman–Crippen LogP) is 4.05. The van der Waals surface area contributed by atoms with Gasteiger partial charge in [0.25, 0.3) is 0 Å². The van der Waals surface area contributed by atoms with Crippen molar-refractivity contribution in [3.05, 3.63) is 57.2 Å². The predicted molar refractivity (Wildman–Crippen MR) is 95.1 cm³/mol. The van der Waals surface area contributed by atoms with Gasteiger partial charge in [0.2, 0.25) is 0 Å². The molecule has 0 spiro atoms. The van der Waals surface area contributed by atoms with Crippen molar-refractivity contribution in [2.24, 2.45) is 0 Å². The topological polar surface area (TPSA) is 41.5 Å². The summed E-state index contributed by atoms with van der Waals surface area (Å²) in [5.41, 5.74) is 1.05. The van der Waals surface area contributed by atoms with Crippen molar-refractivity contribution in [1.82, 2.24) is 5.32 Å². The molecule has 0 amide bonds. The van der Waals surface area contributed by atoms with Gasteiger partial charge in [-0.2, -0.15) is 0 Å². The quantitative estimate of drug-likeness (QED) is 0.744. The van der Waals surface area contributed by atoms with Crippen molar-refractivity contribution in [2.75, 3.05) is 13.2 Å². The van der Waals surface area contributed by atoms with Crippen LogP contribution in [0.25, 0.3) is 0 Å². The molecular weight excluding hydrogens is 341 g/mol. The van der Waals surface area contributed by atoms with Gasteiger partial charge in [-0.3, -0.25) is 0 Å². The molecule has 2 N–H and O–H groups in total. The Hall–Kier alpha value is -0.620. The van der Waals surface area contributed by atoms with Crippen LogP contribution in [0.5, 0.6) is 0 Å². The van der Waals surface area contributed by atoms with E-state index >= 15 is 0 Å². The van der Waals surface area contributed by atoms with E-state index in [1.807, 2.05) is 30.3 Å². The first-order valence-electron chi connectivity index (χ1n) is 6.92. The molecule has 2 aromatic rings. The van der Waals surface area contributed by atoms with Crippen molar-refractivity contribution in [2.45, 2.75) is 25.7 Å². The molecule has 3 nitrogen and oxygen atoms in total. The lowest BCUT2D eigenvalue weighted by atomic mass is 10.2. The SMILES string of the molecule is CC(NCC(O)COCc1ccc(Cl)cc1)c1cccs1.Cl. The lowest BCUT2D eigenvalue weighted by Gasteiger charge is -2.16. The fraction of sp³-hybridized carbons (Fsp3) is 0.375. The van der Waals surface area contributed by atoms with Crippen molar-refractivity contribution >= 4 is 35.3 Å². The maximum Gasteiger partial charge on any atom is 0.0898 e. The molecule has 122 valence electrons. The zero-order valence-electron chi connectivity index (χ0n) is 12.4. The number of thiophene rings is 1. The van der Waals surface area contributed by atoms with Crippen molar-refractivity contribution in [1.29, 1.82) is 0 Å². The Kier molecular flexibility index (Phi) is 9.02. The third kappa shape index (κ3) is 6.65. The highest BCUT2D eigenvalue weighted by Crippen LogP contribution is 2.17. The summed E-state index contributed by atoms with van der Waals surface area (Å²) < 4.78 is 5.51. The van der Waals surface area contributed by atoms with Gasteiger partial charge in [-0.15, -0.1) is 23.7 Å². The monoisotopic (exact) mass is 361 g/mol. The molecule has 0 fully saturated rings. The zero-order chi connectivity index (χ0) is 15.1. The van der Waals surface area contributed by atoms with Gasteiger partial charge in [0.15, 0.2) is 0 Å². The van der Waals surface area contributed by atoms with Gasteiger partial charge in [-0.25, -0.2) is 0 Å². The first kappa shape index (κ1) is 19.4. The van der Waals surface area contributed by atoms with Crippen LogP contribution in [0, 0.1) is 0 Å². The number of halogens is 2. The Balaban J connectivity index is 0.00000242. The van der Waals surface area contributed by atoms with E-state index in [9.17, 15) is 5.11 Å². The van der Waals surface area contributed by atoms with Gasteiger partial charge in [-0.05, 0) is 36.1 Å². The number of aliphatic hydroxyl groups is 1. The second kappa shape index (κ2) is 10.2. The number of rotatable bonds is 8. The maximum absolute atomic E-state index is 9.91. The van der Waals surface area contributed by atoms with E-state index in [0.717, 1.165) is 5.56 Å². The fourth-order valence-corrected chi connectivity index (χ4v) is 2.79. The number of benzene rings is 1. The normalized spacial score (nSPS) is 13.4. The smallest absolute Gasteiger partial charge is 0.0898 e. The van der Waals surface area contributed by atoms with Crippen LogP contribution in [0.2, 0.25) is 5.02 Å². The summed E-state index contributed by atoms with van der Waals surface area (Å²) in [5.74, 6) is 0. The summed E-state index contributed by atoms with van der Waals surface area (Å²) in [6.07, 6.45) is -0.514. The number of hydrogen-bond donors (Lipinski definition) is 2. The first-order chi connectivity index (χ1) is 10.1. The highest BCUT2D eigenvalue weighted by molar-refractivity contribution is 7.10. The highest BCUT2D eigenvalue weighted by Gasteiger charge is 2.09. The van der Waals surface area contributed by atoms with Crippen molar-refractivity contribution < 1.29 is 9.84 Å². The third-order valence-corrected chi connectivity index (χ3v) is 4.43. The van der Waals surface area contributed by atoms with E-state index in [0.29, 0.717) is 24.8 Å². The zero-order valence-corrected chi connectivity index (χ0v) is 14.8. The third-order valence-electron chi connectivity index (χ3n) is 3.12. The van der Waals surface area contributed by atoms with Gasteiger partial charge < -0.3 is 15.2 Å². The molecule has 0 aliphatic rings. The second-order valence-electron chi connectivity index (χ2n) is 4.94. The molecule has 1 heterocycles. The Bertz CT molecular complexity index is 519. The van der Waals surface area contributed by atoms with Crippen LogP contribution >= 0.6 is 35.3 Å². The summed E-state index contributed by atoms with van der Waals surface area (Å²) in [6.45, 7) is 3.40. The minimum atomic E-state index is -0.514. The Morgan fingerprint density at radius 2 is 2.00 bits per heavy atom. The first-order valence-corrected chi connectivity index (χ1v) is 8.18. The molecule has 1 aromatic heterocycles. The van der Waals surface area contributed by atoms with E-state index in [1.165, 1.54) is 4.88 Å². The average Bonchev–Trinajstić information content (AvgIpc) is 3.01. The summed E-state index contributed by atoms with van der Waals surface area (Å²) in [4.78, 5) is 1.27. The molecule has 2 unspecified atom stereocenters. The summed E-state index contributed by atoms with van der Waals surface area (Å²) in [7, 11) is 0. The van der Waals surface area contributed by atoms with Crippen LogP contribution < -0.4 is 5.32 Å². The highest BCUT2D eigenvalue weighted by atomic mass is 35.5. The van der Waals surface area contributed by atoms with E-state index in [-0.39, 0.29) is 18.4 Å². The Labute approximate surface area is 146 Å². The molecule has 0 saturated heterocycles.